The van der Waals surface area contributed by atoms with Crippen LogP contribution in [0.2, 0.25) is 0 Å². The van der Waals surface area contributed by atoms with Crippen LogP contribution in [0.15, 0.2) is 47.8 Å². The van der Waals surface area contributed by atoms with Crippen molar-refractivity contribution in [2.45, 2.75) is 20.3 Å². The molecule has 1 heterocycles. The normalized spacial score (nSPS) is 10.6. The summed E-state index contributed by atoms with van der Waals surface area (Å²) in [5.41, 5.74) is 4.40. The van der Waals surface area contributed by atoms with Gasteiger partial charge in [0.15, 0.2) is 0 Å². The highest BCUT2D eigenvalue weighted by atomic mass is 32.1. The second kappa shape index (κ2) is 6.93. The molecule has 3 rings (SSSR count). The number of hydrogen-bond donors (Lipinski definition) is 1. The van der Waals surface area contributed by atoms with Crippen LogP contribution in [0.25, 0.3) is 10.6 Å². The number of anilines is 1. The number of amides is 1. The first-order valence-corrected chi connectivity index (χ1v) is 8.46. The van der Waals surface area contributed by atoms with Crippen LogP contribution in [-0.2, 0) is 11.2 Å². The number of nitrogens with one attached hydrogen (secondary N) is 1. The molecule has 0 spiro atoms. The first-order chi connectivity index (χ1) is 11.5. The number of rotatable bonds is 4. The van der Waals surface area contributed by atoms with Gasteiger partial charge in [0.05, 0.1) is 12.1 Å². The summed E-state index contributed by atoms with van der Waals surface area (Å²) in [4.78, 5) is 16.6. The highest BCUT2D eigenvalue weighted by Gasteiger charge is 2.11. The Morgan fingerprint density at radius 1 is 1.21 bits per heavy atom. The lowest BCUT2D eigenvalue weighted by atomic mass is 10.1. The number of carbonyl (C=O) groups is 1. The minimum absolute atomic E-state index is 0.113. The summed E-state index contributed by atoms with van der Waals surface area (Å²) in [6.45, 7) is 3.98. The molecule has 0 radical (unpaired) electrons. The molecular formula is C19H17FN2OS. The number of benzene rings is 2. The first-order valence-electron chi connectivity index (χ1n) is 7.59. The molecule has 0 atom stereocenters. The molecular weight excluding hydrogens is 323 g/mol. The molecule has 3 nitrogen and oxygen atoms in total. The zero-order valence-electron chi connectivity index (χ0n) is 13.5. The second-order valence-corrected chi connectivity index (χ2v) is 6.56. The first kappa shape index (κ1) is 16.3. The van der Waals surface area contributed by atoms with E-state index in [9.17, 15) is 9.18 Å². The molecule has 122 valence electrons. The van der Waals surface area contributed by atoms with Crippen LogP contribution >= 0.6 is 11.3 Å². The van der Waals surface area contributed by atoms with Crippen LogP contribution in [-0.4, -0.2) is 10.9 Å². The van der Waals surface area contributed by atoms with Crippen molar-refractivity contribution < 1.29 is 9.18 Å². The minimum atomic E-state index is -0.295. The van der Waals surface area contributed by atoms with Crippen LogP contribution in [0.1, 0.15) is 16.8 Å². The molecule has 0 saturated heterocycles. The van der Waals surface area contributed by atoms with Crippen molar-refractivity contribution in [3.8, 4) is 10.6 Å². The number of aryl methyl sites for hydroxylation is 2. The number of halogens is 1. The van der Waals surface area contributed by atoms with Gasteiger partial charge in [-0.25, -0.2) is 9.37 Å². The minimum Gasteiger partial charge on any atom is -0.326 e. The molecule has 1 amide bonds. The zero-order chi connectivity index (χ0) is 17.1. The maximum Gasteiger partial charge on any atom is 0.230 e. The van der Waals surface area contributed by atoms with E-state index in [0.29, 0.717) is 10.7 Å². The topological polar surface area (TPSA) is 42.0 Å². The molecule has 1 N–H and O–H groups in total. The molecule has 2 aromatic carbocycles. The average Bonchev–Trinajstić information content (AvgIpc) is 2.98. The van der Waals surface area contributed by atoms with Gasteiger partial charge in [-0.2, -0.15) is 0 Å². The van der Waals surface area contributed by atoms with Crippen LogP contribution < -0.4 is 5.32 Å². The van der Waals surface area contributed by atoms with E-state index in [-0.39, 0.29) is 18.1 Å². The van der Waals surface area contributed by atoms with E-state index < -0.39 is 0 Å². The summed E-state index contributed by atoms with van der Waals surface area (Å²) in [6.07, 6.45) is 0.194. The number of hydrogen-bond acceptors (Lipinski definition) is 3. The van der Waals surface area contributed by atoms with Crippen molar-refractivity contribution in [3.63, 3.8) is 0 Å². The quantitative estimate of drug-likeness (QED) is 0.745. The largest absolute Gasteiger partial charge is 0.326 e. The summed E-state index contributed by atoms with van der Waals surface area (Å²) in [5, 5.41) is 5.46. The fourth-order valence-electron chi connectivity index (χ4n) is 2.46. The number of thiazole rings is 1. The Kier molecular flexibility index (Phi) is 4.71. The molecule has 24 heavy (non-hydrogen) atoms. The third kappa shape index (κ3) is 3.86. The molecule has 0 aliphatic rings. The molecule has 0 fully saturated rings. The molecule has 3 aromatic rings. The van der Waals surface area contributed by atoms with Gasteiger partial charge in [-0.15, -0.1) is 11.3 Å². The van der Waals surface area contributed by atoms with Crippen molar-refractivity contribution in [2.75, 3.05) is 5.32 Å². The van der Waals surface area contributed by atoms with Gasteiger partial charge in [0.25, 0.3) is 0 Å². The highest BCUT2D eigenvalue weighted by Crippen LogP contribution is 2.24. The molecule has 1 aromatic heterocycles. The fraction of sp³-hybridized carbons (Fsp3) is 0.158. The van der Waals surface area contributed by atoms with Gasteiger partial charge in [-0.3, -0.25) is 4.79 Å². The number of aromatic nitrogens is 1. The Morgan fingerprint density at radius 3 is 2.79 bits per heavy atom. The van der Waals surface area contributed by atoms with Crippen molar-refractivity contribution in [1.82, 2.24) is 4.98 Å². The van der Waals surface area contributed by atoms with Gasteiger partial charge >= 0.3 is 0 Å². The highest BCUT2D eigenvalue weighted by molar-refractivity contribution is 7.13. The summed E-state index contributed by atoms with van der Waals surface area (Å²) in [6, 6.07) is 12.2. The lowest BCUT2D eigenvalue weighted by Gasteiger charge is -2.08. The predicted octanol–water partition coefficient (Wildman–Crippen LogP) is 4.75. The van der Waals surface area contributed by atoms with Gasteiger partial charge in [0, 0.05) is 16.6 Å². The Labute approximate surface area is 144 Å². The Balaban J connectivity index is 1.69. The van der Waals surface area contributed by atoms with Gasteiger partial charge < -0.3 is 5.32 Å². The maximum atomic E-state index is 13.3. The Hall–Kier alpha value is -2.53. The van der Waals surface area contributed by atoms with Gasteiger partial charge in [-0.05, 0) is 37.6 Å². The van der Waals surface area contributed by atoms with Crippen LogP contribution in [0.3, 0.4) is 0 Å². The van der Waals surface area contributed by atoms with E-state index in [4.69, 9.17) is 0 Å². The van der Waals surface area contributed by atoms with Crippen molar-refractivity contribution >= 4 is 22.9 Å². The van der Waals surface area contributed by atoms with E-state index in [1.54, 1.807) is 12.1 Å². The van der Waals surface area contributed by atoms with E-state index in [1.165, 1.54) is 23.5 Å². The van der Waals surface area contributed by atoms with Crippen molar-refractivity contribution in [3.05, 3.63) is 70.5 Å². The standard InChI is InChI=1S/C19H17FN2OS/c1-12-6-7-17(13(2)8-12)22-18(23)10-16-11-24-19(21-16)14-4-3-5-15(20)9-14/h3-9,11H,10H2,1-2H3,(H,22,23). The van der Waals surface area contributed by atoms with Crippen LogP contribution in [0.4, 0.5) is 10.1 Å². The second-order valence-electron chi connectivity index (χ2n) is 5.70. The van der Waals surface area contributed by atoms with Crippen LogP contribution in [0.5, 0.6) is 0 Å². The number of carbonyl (C=O) groups excluding carboxylic acids is 1. The predicted molar refractivity (Wildman–Crippen MR) is 95.8 cm³/mol. The molecule has 0 aliphatic carbocycles. The van der Waals surface area contributed by atoms with Crippen molar-refractivity contribution in [1.29, 1.82) is 0 Å². The molecule has 0 unspecified atom stereocenters. The third-order valence-corrected chi connectivity index (χ3v) is 4.56. The summed E-state index contributed by atoms with van der Waals surface area (Å²) in [7, 11) is 0. The fourth-order valence-corrected chi connectivity index (χ4v) is 3.27. The van der Waals surface area contributed by atoms with E-state index in [1.807, 2.05) is 37.4 Å². The van der Waals surface area contributed by atoms with Crippen LogP contribution in [0, 0.1) is 19.7 Å². The molecule has 0 saturated carbocycles. The lowest BCUT2D eigenvalue weighted by molar-refractivity contribution is -0.115. The lowest BCUT2D eigenvalue weighted by Crippen LogP contribution is -2.15. The van der Waals surface area contributed by atoms with E-state index in [0.717, 1.165) is 22.4 Å². The molecule has 5 heteroatoms. The molecule has 0 aliphatic heterocycles. The van der Waals surface area contributed by atoms with E-state index in [2.05, 4.69) is 10.3 Å². The van der Waals surface area contributed by atoms with Gasteiger partial charge in [0.2, 0.25) is 5.91 Å². The maximum absolute atomic E-state index is 13.3. The third-order valence-electron chi connectivity index (χ3n) is 3.62. The summed E-state index contributed by atoms with van der Waals surface area (Å²) >= 11 is 1.41. The summed E-state index contributed by atoms with van der Waals surface area (Å²) < 4.78 is 13.3. The van der Waals surface area contributed by atoms with E-state index >= 15 is 0 Å². The van der Waals surface area contributed by atoms with Gasteiger partial charge in [0.1, 0.15) is 10.8 Å². The Bertz CT molecular complexity index is 889. The summed E-state index contributed by atoms with van der Waals surface area (Å²) in [5.74, 6) is -0.408. The average molecular weight is 340 g/mol. The SMILES string of the molecule is Cc1ccc(NC(=O)Cc2csc(-c3cccc(F)c3)n2)c(C)c1. The molecule has 0 bridgehead atoms. The number of nitrogens with zero attached hydrogens (tertiary/aromatic N) is 1. The monoisotopic (exact) mass is 340 g/mol. The van der Waals surface area contributed by atoms with Crippen molar-refractivity contribution in [2.24, 2.45) is 0 Å². The Morgan fingerprint density at radius 2 is 2.04 bits per heavy atom. The smallest absolute Gasteiger partial charge is 0.230 e. The van der Waals surface area contributed by atoms with Gasteiger partial charge in [-0.1, -0.05) is 29.8 Å². The zero-order valence-corrected chi connectivity index (χ0v) is 14.3.